The molecule has 0 atom stereocenters. The minimum absolute atomic E-state index is 0.684. The van der Waals surface area contributed by atoms with Crippen LogP contribution in [-0.4, -0.2) is 56.1 Å². The smallest absolute Gasteiger partial charge is 0.144 e. The molecule has 4 aromatic rings. The Morgan fingerprint density at radius 3 is 1.83 bits per heavy atom. The number of aromatic nitrogens is 6. The molecule has 0 spiro atoms. The summed E-state index contributed by atoms with van der Waals surface area (Å²) in [4.78, 5) is 25.3. The summed E-state index contributed by atoms with van der Waals surface area (Å²) in [6.07, 6.45) is 13.5. The molecule has 152 valence electrons. The highest BCUT2D eigenvalue weighted by atomic mass is 15.1. The lowest BCUT2D eigenvalue weighted by Gasteiger charge is -2.13. The molecule has 10 nitrogen and oxygen atoms in total. The van der Waals surface area contributed by atoms with E-state index in [1.807, 2.05) is 12.1 Å². The van der Waals surface area contributed by atoms with Gasteiger partial charge in [0.1, 0.15) is 17.5 Å². The second-order valence-electron chi connectivity index (χ2n) is 6.34. The number of hydrogen-bond acceptors (Lipinski definition) is 10. The van der Waals surface area contributed by atoms with Gasteiger partial charge in [0.25, 0.3) is 0 Å². The van der Waals surface area contributed by atoms with E-state index in [0.29, 0.717) is 26.2 Å². The topological polar surface area (TPSA) is 125 Å². The van der Waals surface area contributed by atoms with Gasteiger partial charge in [-0.05, 0) is 6.07 Å². The van der Waals surface area contributed by atoms with E-state index in [2.05, 4.69) is 51.2 Å². The number of hydrogen-bond donors (Lipinski definition) is 4. The summed E-state index contributed by atoms with van der Waals surface area (Å²) in [5, 5.41) is 14.3. The minimum atomic E-state index is 0.684. The van der Waals surface area contributed by atoms with Gasteiger partial charge >= 0.3 is 0 Å². The number of nitrogens with one attached hydrogen (secondary N) is 4. The maximum absolute atomic E-state index is 4.65. The van der Waals surface area contributed by atoms with Gasteiger partial charge in [-0.3, -0.25) is 15.0 Å². The average molecular weight is 402 g/mol. The Morgan fingerprint density at radius 2 is 1.20 bits per heavy atom. The van der Waals surface area contributed by atoms with E-state index >= 15 is 0 Å². The SMILES string of the molecule is c1cnc(NCCNc2cc(NCCNc3cnccn3)c3ccncc3n2)cn1. The third kappa shape index (κ3) is 5.25. The highest BCUT2D eigenvalue weighted by Crippen LogP contribution is 2.24. The van der Waals surface area contributed by atoms with Gasteiger partial charge in [0.15, 0.2) is 0 Å². The van der Waals surface area contributed by atoms with Crippen LogP contribution in [0.1, 0.15) is 0 Å². The van der Waals surface area contributed by atoms with Gasteiger partial charge in [-0.15, -0.1) is 0 Å². The lowest BCUT2D eigenvalue weighted by Crippen LogP contribution is -2.16. The molecule has 0 amide bonds. The molecule has 0 fully saturated rings. The van der Waals surface area contributed by atoms with Crippen LogP contribution in [0.25, 0.3) is 10.9 Å². The fourth-order valence-corrected chi connectivity index (χ4v) is 2.87. The fourth-order valence-electron chi connectivity index (χ4n) is 2.87. The first-order chi connectivity index (χ1) is 14.9. The van der Waals surface area contributed by atoms with Crippen LogP contribution in [-0.2, 0) is 0 Å². The van der Waals surface area contributed by atoms with Gasteiger partial charge in [-0.2, -0.15) is 0 Å². The summed E-state index contributed by atoms with van der Waals surface area (Å²) in [6.45, 7) is 2.79. The number of nitrogens with zero attached hydrogens (tertiary/aromatic N) is 6. The largest absolute Gasteiger partial charge is 0.383 e. The summed E-state index contributed by atoms with van der Waals surface area (Å²) in [7, 11) is 0. The maximum atomic E-state index is 4.65. The minimum Gasteiger partial charge on any atom is -0.383 e. The van der Waals surface area contributed by atoms with Gasteiger partial charge in [0.2, 0.25) is 0 Å². The van der Waals surface area contributed by atoms with E-state index in [1.54, 1.807) is 49.6 Å². The van der Waals surface area contributed by atoms with Crippen molar-refractivity contribution in [3.63, 3.8) is 0 Å². The van der Waals surface area contributed by atoms with Crippen LogP contribution in [0.2, 0.25) is 0 Å². The third-order valence-electron chi connectivity index (χ3n) is 4.22. The monoisotopic (exact) mass is 402 g/mol. The van der Waals surface area contributed by atoms with E-state index in [4.69, 9.17) is 0 Å². The number of rotatable bonds is 10. The summed E-state index contributed by atoms with van der Waals surface area (Å²) in [5.41, 5.74) is 1.82. The van der Waals surface area contributed by atoms with Gasteiger partial charge in [0.05, 0.1) is 24.1 Å². The van der Waals surface area contributed by atoms with Crippen LogP contribution in [0.5, 0.6) is 0 Å². The van der Waals surface area contributed by atoms with Crippen LogP contribution in [0.4, 0.5) is 23.1 Å². The zero-order chi connectivity index (χ0) is 20.4. The van der Waals surface area contributed by atoms with Crippen molar-refractivity contribution in [2.45, 2.75) is 0 Å². The highest BCUT2D eigenvalue weighted by molar-refractivity contribution is 5.92. The van der Waals surface area contributed by atoms with Crippen molar-refractivity contribution in [1.29, 1.82) is 0 Å². The molecule has 0 saturated carbocycles. The second-order valence-corrected chi connectivity index (χ2v) is 6.34. The zero-order valence-electron chi connectivity index (χ0n) is 16.3. The predicted molar refractivity (Wildman–Crippen MR) is 118 cm³/mol. The number of anilines is 4. The Kier molecular flexibility index (Phi) is 6.36. The molecule has 4 rings (SSSR count). The Hall–Kier alpha value is -4.08. The summed E-state index contributed by atoms with van der Waals surface area (Å²) >= 11 is 0. The molecule has 30 heavy (non-hydrogen) atoms. The number of fused-ring (bicyclic) bond motifs is 1. The van der Waals surface area contributed by atoms with Crippen molar-refractivity contribution >= 4 is 34.0 Å². The maximum Gasteiger partial charge on any atom is 0.144 e. The van der Waals surface area contributed by atoms with Crippen molar-refractivity contribution in [2.75, 3.05) is 47.4 Å². The van der Waals surface area contributed by atoms with Gasteiger partial charge in [0, 0.05) is 74.3 Å². The van der Waals surface area contributed by atoms with E-state index in [1.165, 1.54) is 0 Å². The van der Waals surface area contributed by atoms with Gasteiger partial charge in [-0.25, -0.2) is 15.0 Å². The molecular formula is C20H22N10. The highest BCUT2D eigenvalue weighted by Gasteiger charge is 2.06. The predicted octanol–water partition coefficient (Wildman–Crippen LogP) is 2.26. The van der Waals surface area contributed by atoms with Crippen LogP contribution in [0, 0.1) is 0 Å². The standard InChI is InChI=1S/C20H22N10/c1-2-21-12-17-15(1)16(24-7-8-28-19-13-22-3-5-26-19)11-18(30-17)25-9-10-29-20-14-23-4-6-27-20/h1-6,11-14H,7-10H2,(H,26,28)(H,27,29)(H2,24,25,30). The summed E-state index contributed by atoms with van der Waals surface area (Å²) in [6, 6.07) is 3.97. The van der Waals surface area contributed by atoms with Crippen LogP contribution in [0.15, 0.2) is 61.7 Å². The van der Waals surface area contributed by atoms with Crippen molar-refractivity contribution in [1.82, 2.24) is 29.9 Å². The molecule has 4 heterocycles. The zero-order valence-corrected chi connectivity index (χ0v) is 16.3. The van der Waals surface area contributed by atoms with Crippen LogP contribution >= 0.6 is 0 Å². The molecule has 0 bridgehead atoms. The molecular weight excluding hydrogens is 380 g/mol. The van der Waals surface area contributed by atoms with E-state index in [9.17, 15) is 0 Å². The van der Waals surface area contributed by atoms with Crippen molar-refractivity contribution in [3.8, 4) is 0 Å². The first-order valence-corrected chi connectivity index (χ1v) is 9.61. The fraction of sp³-hybridized carbons (Fsp3) is 0.200. The summed E-state index contributed by atoms with van der Waals surface area (Å²) in [5.74, 6) is 2.27. The molecule has 0 aliphatic carbocycles. The second kappa shape index (κ2) is 9.92. The quantitative estimate of drug-likeness (QED) is 0.293. The first-order valence-electron chi connectivity index (χ1n) is 9.61. The molecule has 0 aliphatic heterocycles. The van der Waals surface area contributed by atoms with Gasteiger partial charge in [-0.1, -0.05) is 0 Å². The molecule has 4 N–H and O–H groups in total. The Labute approximate surface area is 173 Å². The van der Waals surface area contributed by atoms with E-state index in [0.717, 1.165) is 34.0 Å². The lowest BCUT2D eigenvalue weighted by molar-refractivity contribution is 1.03. The molecule has 0 aliphatic rings. The number of pyridine rings is 2. The Balaban J connectivity index is 1.35. The van der Waals surface area contributed by atoms with E-state index in [-0.39, 0.29) is 0 Å². The molecule has 10 heteroatoms. The Morgan fingerprint density at radius 1 is 0.600 bits per heavy atom. The van der Waals surface area contributed by atoms with Crippen molar-refractivity contribution in [3.05, 3.63) is 61.7 Å². The average Bonchev–Trinajstić information content (AvgIpc) is 2.81. The van der Waals surface area contributed by atoms with E-state index < -0.39 is 0 Å². The van der Waals surface area contributed by atoms with Crippen molar-refractivity contribution in [2.24, 2.45) is 0 Å². The first kappa shape index (κ1) is 19.2. The van der Waals surface area contributed by atoms with Crippen molar-refractivity contribution < 1.29 is 0 Å². The third-order valence-corrected chi connectivity index (χ3v) is 4.22. The molecule has 0 radical (unpaired) electrons. The molecule has 4 aromatic heterocycles. The lowest BCUT2D eigenvalue weighted by atomic mass is 10.2. The molecule has 0 unspecified atom stereocenters. The molecule has 0 aromatic carbocycles. The van der Waals surface area contributed by atoms with Crippen LogP contribution in [0.3, 0.4) is 0 Å². The molecule has 0 saturated heterocycles. The normalized spacial score (nSPS) is 10.5. The Bertz CT molecular complexity index is 1060. The van der Waals surface area contributed by atoms with Gasteiger partial charge < -0.3 is 21.3 Å². The van der Waals surface area contributed by atoms with Crippen LogP contribution < -0.4 is 21.3 Å². The summed E-state index contributed by atoms with van der Waals surface area (Å²) < 4.78 is 0.